The summed E-state index contributed by atoms with van der Waals surface area (Å²) in [5, 5.41) is 65.4. The molecule has 0 unspecified atom stereocenters. The molecule has 0 N–H and O–H groups in total. The lowest BCUT2D eigenvalue weighted by atomic mass is 9.91. The van der Waals surface area contributed by atoms with E-state index >= 15 is 0 Å². The molecule has 0 radical (unpaired) electrons. The van der Waals surface area contributed by atoms with E-state index in [2.05, 4.69) is 130 Å². The van der Waals surface area contributed by atoms with Crippen LogP contribution in [0.25, 0.3) is 122 Å². The van der Waals surface area contributed by atoms with Gasteiger partial charge in [-0.25, -0.2) is 9.97 Å². The first-order valence-corrected chi connectivity index (χ1v) is 25.5. The largest absolute Gasteiger partial charge is 0.309 e. The van der Waals surface area contributed by atoms with Crippen molar-refractivity contribution < 1.29 is 0 Å². The fourth-order valence-corrected chi connectivity index (χ4v) is 11.2. The number of aromatic nitrogens is 4. The standard InChI is InChI=1S/C70H36N10/c71-37-43-28-51(39-73)68(52(29-43)40-74)48-22-25-66-59(33-48)60-34-49(69-53(41-75)30-44(38-72)31-54(69)42-76)23-26-67(60)80(66)65-27-24-50(70-77-61(45-12-3-1-4-13-45)36-62(78-70)46-14-5-2-6-15-46)35-58(65)47-16-11-17-55(32-47)79-63-20-9-7-18-56(63)57-19-8-10-21-64(57)79/h1-36H. The van der Waals surface area contributed by atoms with Gasteiger partial charge in [0, 0.05) is 60.6 Å². The highest BCUT2D eigenvalue weighted by molar-refractivity contribution is 6.13. The molecule has 10 heteroatoms. The number of nitriles is 6. The first-order chi connectivity index (χ1) is 39.4. The number of hydrogen-bond acceptors (Lipinski definition) is 8. The summed E-state index contributed by atoms with van der Waals surface area (Å²) in [5.41, 5.74) is 14.4. The number of fused-ring (bicyclic) bond motifs is 6. The van der Waals surface area contributed by atoms with Crippen LogP contribution < -0.4 is 0 Å². The third-order valence-electron chi connectivity index (χ3n) is 14.7. The molecule has 0 atom stereocenters. The molecule has 0 bridgehead atoms. The van der Waals surface area contributed by atoms with Crippen LogP contribution in [0.4, 0.5) is 0 Å². The summed E-state index contributed by atoms with van der Waals surface area (Å²) in [5.74, 6) is 0.529. The first kappa shape index (κ1) is 47.5. The van der Waals surface area contributed by atoms with Gasteiger partial charge < -0.3 is 9.13 Å². The van der Waals surface area contributed by atoms with E-state index in [0.717, 1.165) is 94.2 Å². The minimum absolute atomic E-state index is 0.175. The summed E-state index contributed by atoms with van der Waals surface area (Å²) in [4.78, 5) is 10.5. The van der Waals surface area contributed by atoms with Crippen LogP contribution in [0.3, 0.4) is 0 Å². The smallest absolute Gasteiger partial charge is 0.160 e. The third-order valence-corrected chi connectivity index (χ3v) is 14.7. The molecule has 0 aliphatic rings. The second-order valence-corrected chi connectivity index (χ2v) is 19.2. The van der Waals surface area contributed by atoms with Gasteiger partial charge in [0.1, 0.15) is 0 Å². The van der Waals surface area contributed by atoms with Crippen molar-refractivity contribution in [1.29, 1.82) is 31.6 Å². The molecule has 0 fully saturated rings. The van der Waals surface area contributed by atoms with Gasteiger partial charge in [0.15, 0.2) is 5.82 Å². The molecule has 13 rings (SSSR count). The zero-order chi connectivity index (χ0) is 54.4. The Morgan fingerprint density at radius 3 is 1.21 bits per heavy atom. The van der Waals surface area contributed by atoms with E-state index in [0.29, 0.717) is 28.1 Å². The van der Waals surface area contributed by atoms with Crippen LogP contribution in [-0.2, 0) is 0 Å². The van der Waals surface area contributed by atoms with Crippen LogP contribution in [0.1, 0.15) is 33.4 Å². The lowest BCUT2D eigenvalue weighted by Gasteiger charge is -2.18. The summed E-state index contributed by atoms with van der Waals surface area (Å²) in [6, 6.07) is 84.4. The molecule has 10 aromatic carbocycles. The van der Waals surface area contributed by atoms with Crippen molar-refractivity contribution in [1.82, 2.24) is 19.1 Å². The average molecular weight is 1020 g/mol. The molecule has 0 saturated carbocycles. The number of hydrogen-bond donors (Lipinski definition) is 0. The van der Waals surface area contributed by atoms with Crippen LogP contribution in [0.5, 0.6) is 0 Å². The maximum Gasteiger partial charge on any atom is 0.160 e. The Morgan fingerprint density at radius 2 is 0.738 bits per heavy atom. The highest BCUT2D eigenvalue weighted by atomic mass is 15.0. The lowest BCUT2D eigenvalue weighted by molar-refractivity contribution is 1.16. The predicted octanol–water partition coefficient (Wildman–Crippen LogP) is 15.9. The minimum atomic E-state index is 0.175. The number of rotatable bonds is 8. The summed E-state index contributed by atoms with van der Waals surface area (Å²) < 4.78 is 4.48. The summed E-state index contributed by atoms with van der Waals surface area (Å²) >= 11 is 0. The maximum absolute atomic E-state index is 10.5. The van der Waals surface area contributed by atoms with Crippen molar-refractivity contribution in [3.05, 3.63) is 252 Å². The van der Waals surface area contributed by atoms with Gasteiger partial charge in [-0.15, -0.1) is 0 Å². The Balaban J connectivity index is 1.11. The van der Waals surface area contributed by atoms with Gasteiger partial charge in [0.25, 0.3) is 0 Å². The molecule has 3 aromatic heterocycles. The van der Waals surface area contributed by atoms with Gasteiger partial charge in [0.05, 0.1) is 109 Å². The third kappa shape index (κ3) is 7.92. The first-order valence-electron chi connectivity index (χ1n) is 25.5. The van der Waals surface area contributed by atoms with Gasteiger partial charge >= 0.3 is 0 Å². The second-order valence-electron chi connectivity index (χ2n) is 19.2. The van der Waals surface area contributed by atoms with Gasteiger partial charge in [-0.3, -0.25) is 0 Å². The maximum atomic E-state index is 10.5. The fourth-order valence-electron chi connectivity index (χ4n) is 11.2. The van der Waals surface area contributed by atoms with Crippen molar-refractivity contribution in [3.8, 4) is 115 Å². The van der Waals surface area contributed by atoms with E-state index in [1.807, 2.05) is 109 Å². The van der Waals surface area contributed by atoms with E-state index in [1.165, 1.54) is 24.3 Å². The molecule has 10 nitrogen and oxygen atoms in total. The van der Waals surface area contributed by atoms with Crippen molar-refractivity contribution in [2.24, 2.45) is 0 Å². The van der Waals surface area contributed by atoms with E-state index in [1.54, 1.807) is 0 Å². The van der Waals surface area contributed by atoms with E-state index in [-0.39, 0.29) is 33.4 Å². The molecule has 3 heterocycles. The molecule has 13 aromatic rings. The predicted molar refractivity (Wildman–Crippen MR) is 312 cm³/mol. The molecular formula is C70H36N10. The summed E-state index contributed by atoms with van der Waals surface area (Å²) in [6.45, 7) is 0. The number of nitrogens with zero attached hydrogens (tertiary/aromatic N) is 10. The van der Waals surface area contributed by atoms with Gasteiger partial charge in [0.2, 0.25) is 0 Å². The lowest BCUT2D eigenvalue weighted by Crippen LogP contribution is -2.01. The van der Waals surface area contributed by atoms with Crippen molar-refractivity contribution in [3.63, 3.8) is 0 Å². The Hall–Kier alpha value is -12.2. The normalized spacial score (nSPS) is 10.9. The van der Waals surface area contributed by atoms with Crippen molar-refractivity contribution >= 4 is 43.6 Å². The quantitative estimate of drug-likeness (QED) is 0.144. The SMILES string of the molecule is N#Cc1cc(C#N)c(-c2ccc3c(c2)c2cc(-c4c(C#N)cc(C#N)cc4C#N)ccc2n3-c2ccc(-c3nc(-c4ccccc4)cc(-c4ccccc4)n3)cc2-c2cccc(-n3c4ccccc4c4ccccc43)c2)c(C#N)c1. The Bertz CT molecular complexity index is 4690. The Morgan fingerprint density at radius 1 is 0.300 bits per heavy atom. The average Bonchev–Trinajstić information content (AvgIpc) is 4.06. The van der Waals surface area contributed by atoms with E-state index in [9.17, 15) is 31.6 Å². The molecule has 0 aliphatic carbocycles. The molecule has 0 aliphatic heterocycles. The fraction of sp³-hybridized carbons (Fsp3) is 0. The molecular weight excluding hydrogens is 981 g/mol. The van der Waals surface area contributed by atoms with E-state index in [4.69, 9.17) is 9.97 Å². The Kier molecular flexibility index (Phi) is 11.6. The van der Waals surface area contributed by atoms with Crippen molar-refractivity contribution in [2.75, 3.05) is 0 Å². The van der Waals surface area contributed by atoms with Crippen LogP contribution in [0.2, 0.25) is 0 Å². The van der Waals surface area contributed by atoms with Gasteiger partial charge in [-0.1, -0.05) is 121 Å². The monoisotopic (exact) mass is 1020 g/mol. The topological polar surface area (TPSA) is 178 Å². The summed E-state index contributed by atoms with van der Waals surface area (Å²) in [7, 11) is 0. The molecule has 366 valence electrons. The zero-order valence-corrected chi connectivity index (χ0v) is 42.3. The van der Waals surface area contributed by atoms with Gasteiger partial charge in [-0.05, 0) is 114 Å². The minimum Gasteiger partial charge on any atom is -0.309 e. The van der Waals surface area contributed by atoms with E-state index < -0.39 is 0 Å². The van der Waals surface area contributed by atoms with Crippen LogP contribution in [0, 0.1) is 68.0 Å². The number of para-hydroxylation sites is 2. The highest BCUT2D eigenvalue weighted by Crippen LogP contribution is 2.44. The number of benzene rings is 10. The van der Waals surface area contributed by atoms with Crippen LogP contribution in [-0.4, -0.2) is 19.1 Å². The second kappa shape index (κ2) is 19.5. The zero-order valence-electron chi connectivity index (χ0n) is 42.3. The van der Waals surface area contributed by atoms with Crippen molar-refractivity contribution in [2.45, 2.75) is 0 Å². The molecule has 80 heavy (non-hydrogen) atoms. The van der Waals surface area contributed by atoms with Crippen LogP contribution >= 0.6 is 0 Å². The summed E-state index contributed by atoms with van der Waals surface area (Å²) in [6.07, 6.45) is 0. The molecule has 0 amide bonds. The highest BCUT2D eigenvalue weighted by Gasteiger charge is 2.24. The molecule has 0 spiro atoms. The van der Waals surface area contributed by atoms with Crippen LogP contribution in [0.15, 0.2) is 218 Å². The van der Waals surface area contributed by atoms with Gasteiger partial charge in [-0.2, -0.15) is 31.6 Å². The Labute approximate surface area is 458 Å². The molecule has 0 saturated heterocycles.